The highest BCUT2D eigenvalue weighted by atomic mass is 35.5. The summed E-state index contributed by atoms with van der Waals surface area (Å²) in [5.41, 5.74) is 10.4. The third kappa shape index (κ3) is 4.04. The molecular weight excluding hydrogens is 586 g/mol. The van der Waals surface area contributed by atoms with Gasteiger partial charge in [0.05, 0.1) is 35.7 Å². The Balaban J connectivity index is 1.41. The largest absolute Gasteiger partial charge is 0.497 e. The number of ether oxygens (including phenoxy) is 2. The highest BCUT2D eigenvalue weighted by Gasteiger charge is 2.41. The summed E-state index contributed by atoms with van der Waals surface area (Å²) in [6, 6.07) is 39.5. The molecule has 0 N–H and O–H groups in total. The number of hydrogen-bond acceptors (Lipinski definition) is 2. The van der Waals surface area contributed by atoms with Crippen molar-refractivity contribution in [2.24, 2.45) is 0 Å². The van der Waals surface area contributed by atoms with E-state index in [1.165, 1.54) is 44.2 Å². The van der Waals surface area contributed by atoms with Gasteiger partial charge in [0.15, 0.2) is 0 Å². The lowest BCUT2D eigenvalue weighted by Crippen LogP contribution is -2.22. The summed E-state index contributed by atoms with van der Waals surface area (Å²) in [6.45, 7) is 9.08. The summed E-state index contributed by atoms with van der Waals surface area (Å²) in [6.07, 6.45) is 0. The van der Waals surface area contributed by atoms with Gasteiger partial charge in [-0.1, -0.05) is 80.9 Å². The molecule has 0 aliphatic heterocycles. The molecular formula is C42H36ClNO2. The maximum absolute atomic E-state index is 7.03. The fraction of sp³-hybridized carbons (Fsp3) is 0.190. The molecule has 1 unspecified atom stereocenters. The van der Waals surface area contributed by atoms with Crippen molar-refractivity contribution in [2.45, 2.75) is 38.5 Å². The molecule has 1 heterocycles. The minimum atomic E-state index is -0.336. The summed E-state index contributed by atoms with van der Waals surface area (Å²) in [5, 5.41) is 5.24. The average Bonchev–Trinajstić information content (AvgIpc) is 3.54. The van der Waals surface area contributed by atoms with Crippen LogP contribution in [0.1, 0.15) is 49.9 Å². The molecule has 228 valence electrons. The van der Waals surface area contributed by atoms with E-state index in [0.717, 1.165) is 39.0 Å². The molecule has 1 atom stereocenters. The number of rotatable bonds is 4. The van der Waals surface area contributed by atoms with Gasteiger partial charge < -0.3 is 14.0 Å². The molecule has 0 amide bonds. The van der Waals surface area contributed by atoms with Crippen molar-refractivity contribution in [1.82, 2.24) is 4.57 Å². The van der Waals surface area contributed by atoms with Gasteiger partial charge in [0.25, 0.3) is 0 Å². The smallest absolute Gasteiger partial charge is 0.128 e. The Hall–Kier alpha value is -4.73. The molecule has 4 heteroatoms. The molecule has 0 saturated carbocycles. The Kier molecular flexibility index (Phi) is 6.33. The number of methoxy groups -OCH3 is 2. The molecule has 1 aromatic heterocycles. The first-order chi connectivity index (χ1) is 22.1. The Morgan fingerprint density at radius 1 is 0.696 bits per heavy atom. The Labute approximate surface area is 275 Å². The van der Waals surface area contributed by atoms with E-state index in [1.807, 2.05) is 12.1 Å². The van der Waals surface area contributed by atoms with Crippen LogP contribution in [0.3, 0.4) is 0 Å². The van der Waals surface area contributed by atoms with Crippen molar-refractivity contribution < 1.29 is 9.47 Å². The number of halogens is 1. The van der Waals surface area contributed by atoms with Crippen LogP contribution in [-0.2, 0) is 10.8 Å². The van der Waals surface area contributed by atoms with Crippen LogP contribution in [0.2, 0.25) is 5.02 Å². The molecule has 0 spiro atoms. The minimum Gasteiger partial charge on any atom is -0.497 e. The van der Waals surface area contributed by atoms with Crippen molar-refractivity contribution in [2.75, 3.05) is 14.2 Å². The standard InChI is InChI=1S/C42H36ClNO2/c1-41(2,3)28-13-18-37-33(23-28)39-38(46-6)19-17-36(43)40(39)44(37)29-14-12-25-21-32-31-16-15-30(45-5)24-35(31)42(4,27-10-8-7-9-11-27)34(32)22-26(25)20-29/h7-24H,1-6H3. The van der Waals surface area contributed by atoms with Gasteiger partial charge in [0.2, 0.25) is 0 Å². The first-order valence-corrected chi connectivity index (χ1v) is 16.2. The summed E-state index contributed by atoms with van der Waals surface area (Å²) >= 11 is 7.03. The van der Waals surface area contributed by atoms with E-state index in [9.17, 15) is 0 Å². The third-order valence-corrected chi connectivity index (χ3v) is 10.4. The molecule has 0 fully saturated rings. The van der Waals surface area contributed by atoms with Gasteiger partial charge in [0.1, 0.15) is 11.5 Å². The van der Waals surface area contributed by atoms with Gasteiger partial charge >= 0.3 is 0 Å². The van der Waals surface area contributed by atoms with Crippen LogP contribution >= 0.6 is 11.6 Å². The Morgan fingerprint density at radius 3 is 2.22 bits per heavy atom. The predicted octanol–water partition coefficient (Wildman–Crippen LogP) is 11.2. The minimum absolute atomic E-state index is 0.00471. The topological polar surface area (TPSA) is 23.4 Å². The number of nitrogens with zero attached hydrogens (tertiary/aromatic N) is 1. The first-order valence-electron chi connectivity index (χ1n) is 15.8. The number of aromatic nitrogens is 1. The molecule has 1 aliphatic rings. The monoisotopic (exact) mass is 621 g/mol. The lowest BCUT2D eigenvalue weighted by molar-refractivity contribution is 0.414. The first kappa shape index (κ1) is 28.7. The Morgan fingerprint density at radius 2 is 1.48 bits per heavy atom. The third-order valence-electron chi connectivity index (χ3n) is 10.1. The van der Waals surface area contributed by atoms with Crippen LogP contribution in [0.15, 0.2) is 109 Å². The van der Waals surface area contributed by atoms with Crippen molar-refractivity contribution in [3.63, 3.8) is 0 Å². The van der Waals surface area contributed by atoms with E-state index < -0.39 is 0 Å². The van der Waals surface area contributed by atoms with Gasteiger partial charge in [-0.05, 0) is 117 Å². The fourth-order valence-electron chi connectivity index (χ4n) is 7.57. The van der Waals surface area contributed by atoms with Crippen LogP contribution in [0.4, 0.5) is 0 Å². The molecule has 46 heavy (non-hydrogen) atoms. The zero-order chi connectivity index (χ0) is 32.0. The van der Waals surface area contributed by atoms with Gasteiger partial charge in [-0.3, -0.25) is 0 Å². The molecule has 0 bridgehead atoms. The number of fused-ring (bicyclic) bond motifs is 7. The van der Waals surface area contributed by atoms with Crippen molar-refractivity contribution in [3.8, 4) is 28.3 Å². The molecule has 3 nitrogen and oxygen atoms in total. The van der Waals surface area contributed by atoms with Crippen LogP contribution < -0.4 is 9.47 Å². The van der Waals surface area contributed by atoms with Gasteiger partial charge in [-0.25, -0.2) is 0 Å². The van der Waals surface area contributed by atoms with Crippen LogP contribution in [0.5, 0.6) is 11.5 Å². The van der Waals surface area contributed by atoms with E-state index >= 15 is 0 Å². The van der Waals surface area contributed by atoms with E-state index in [1.54, 1.807) is 14.2 Å². The Bertz CT molecular complexity index is 2350. The summed E-state index contributed by atoms with van der Waals surface area (Å²) in [7, 11) is 3.47. The van der Waals surface area contributed by atoms with E-state index in [4.69, 9.17) is 21.1 Å². The molecule has 6 aromatic carbocycles. The molecule has 1 aliphatic carbocycles. The lowest BCUT2D eigenvalue weighted by Gasteiger charge is -2.28. The predicted molar refractivity (Wildman–Crippen MR) is 193 cm³/mol. The van der Waals surface area contributed by atoms with Crippen molar-refractivity contribution >= 4 is 44.2 Å². The quantitative estimate of drug-likeness (QED) is 0.195. The van der Waals surface area contributed by atoms with Crippen molar-refractivity contribution in [3.05, 3.63) is 136 Å². The van der Waals surface area contributed by atoms with Gasteiger partial charge in [-0.15, -0.1) is 0 Å². The van der Waals surface area contributed by atoms with Gasteiger partial charge in [0, 0.05) is 16.5 Å². The van der Waals surface area contributed by atoms with E-state index in [-0.39, 0.29) is 10.8 Å². The van der Waals surface area contributed by atoms with E-state index in [2.05, 4.69) is 129 Å². The maximum Gasteiger partial charge on any atom is 0.128 e. The second-order valence-electron chi connectivity index (χ2n) is 13.6. The lowest BCUT2D eigenvalue weighted by atomic mass is 9.74. The number of benzene rings is 6. The normalized spacial score (nSPS) is 15.8. The average molecular weight is 622 g/mol. The zero-order valence-electron chi connectivity index (χ0n) is 27.0. The maximum atomic E-state index is 7.03. The second-order valence-corrected chi connectivity index (χ2v) is 14.0. The SMILES string of the molecule is COc1ccc2c(c1)C(C)(c1ccccc1)c1cc3cc(-n4c5ccc(C(C)(C)C)cc5c5c(OC)ccc(Cl)c54)ccc3cc1-2. The fourth-order valence-corrected chi connectivity index (χ4v) is 7.81. The van der Waals surface area contributed by atoms with Crippen LogP contribution in [-0.4, -0.2) is 18.8 Å². The highest BCUT2D eigenvalue weighted by molar-refractivity contribution is 6.37. The zero-order valence-corrected chi connectivity index (χ0v) is 27.8. The van der Waals surface area contributed by atoms with Crippen LogP contribution in [0, 0.1) is 0 Å². The highest BCUT2D eigenvalue weighted by Crippen LogP contribution is 2.54. The molecule has 7 aromatic rings. The summed E-state index contributed by atoms with van der Waals surface area (Å²) in [4.78, 5) is 0. The number of hydrogen-bond donors (Lipinski definition) is 0. The van der Waals surface area contributed by atoms with Gasteiger partial charge in [-0.2, -0.15) is 0 Å². The summed E-state index contributed by atoms with van der Waals surface area (Å²) < 4.78 is 13.9. The van der Waals surface area contributed by atoms with Crippen molar-refractivity contribution in [1.29, 1.82) is 0 Å². The van der Waals surface area contributed by atoms with E-state index in [0.29, 0.717) is 5.02 Å². The summed E-state index contributed by atoms with van der Waals surface area (Å²) in [5.74, 6) is 1.69. The molecule has 8 rings (SSSR count). The second kappa shape index (κ2) is 10.1. The molecule has 0 saturated heterocycles. The van der Waals surface area contributed by atoms with Crippen LogP contribution in [0.25, 0.3) is 49.4 Å². The molecule has 0 radical (unpaired) electrons.